The van der Waals surface area contributed by atoms with Crippen LogP contribution in [0.2, 0.25) is 5.02 Å². The van der Waals surface area contributed by atoms with E-state index in [1.54, 1.807) is 48.5 Å². The smallest absolute Gasteiger partial charge is 0.254 e. The van der Waals surface area contributed by atoms with Gasteiger partial charge < -0.3 is 15.0 Å². The summed E-state index contributed by atoms with van der Waals surface area (Å²) in [6, 6.07) is 18.7. The van der Waals surface area contributed by atoms with E-state index in [1.807, 2.05) is 37.3 Å². The Balaban J connectivity index is 1.80. The number of hydrogen-bond donors (Lipinski definition) is 1. The second-order valence-corrected chi connectivity index (χ2v) is 6.64. The predicted molar refractivity (Wildman–Crippen MR) is 112 cm³/mol. The van der Waals surface area contributed by atoms with Crippen molar-refractivity contribution in [2.45, 2.75) is 13.5 Å². The number of carbonyl (C=O) groups excluding carboxylic acids is 1. The number of hydrogen-bond acceptors (Lipinski definition) is 4. The number of nitrogens with one attached hydrogen (secondary N) is 1. The molecule has 3 rings (SSSR count). The Morgan fingerprint density at radius 1 is 1.14 bits per heavy atom. The summed E-state index contributed by atoms with van der Waals surface area (Å²) in [4.78, 5) is 19.1. The van der Waals surface area contributed by atoms with Gasteiger partial charge in [-0.1, -0.05) is 41.9 Å². The number of rotatable bonds is 7. The van der Waals surface area contributed by atoms with Crippen molar-refractivity contribution in [1.82, 2.24) is 9.88 Å². The van der Waals surface area contributed by atoms with Crippen LogP contribution in [0, 0.1) is 0 Å². The third kappa shape index (κ3) is 4.81. The van der Waals surface area contributed by atoms with Crippen molar-refractivity contribution in [3.8, 4) is 5.75 Å². The molecule has 0 aliphatic heterocycles. The molecule has 0 unspecified atom stereocenters. The van der Waals surface area contributed by atoms with Gasteiger partial charge in [-0.2, -0.15) is 0 Å². The highest BCUT2D eigenvalue weighted by Crippen LogP contribution is 2.30. The van der Waals surface area contributed by atoms with Crippen molar-refractivity contribution >= 4 is 29.0 Å². The van der Waals surface area contributed by atoms with Gasteiger partial charge in [0, 0.05) is 29.9 Å². The van der Waals surface area contributed by atoms with Crippen LogP contribution in [0.15, 0.2) is 66.9 Å². The fourth-order valence-corrected chi connectivity index (χ4v) is 3.03. The Labute approximate surface area is 169 Å². The van der Waals surface area contributed by atoms with Gasteiger partial charge in [0.2, 0.25) is 0 Å². The van der Waals surface area contributed by atoms with Gasteiger partial charge in [-0.15, -0.1) is 0 Å². The molecule has 0 atom stereocenters. The van der Waals surface area contributed by atoms with E-state index in [0.29, 0.717) is 40.9 Å². The minimum atomic E-state index is -0.0464. The van der Waals surface area contributed by atoms with Crippen molar-refractivity contribution in [3.05, 3.63) is 83.0 Å². The largest absolute Gasteiger partial charge is 0.495 e. The molecule has 1 amide bonds. The summed E-state index contributed by atoms with van der Waals surface area (Å²) in [6.07, 6.45) is 1.61. The average Bonchev–Trinajstić information content (AvgIpc) is 2.72. The Bertz CT molecular complexity index is 948. The minimum Gasteiger partial charge on any atom is -0.495 e. The fraction of sp³-hybridized carbons (Fsp3) is 0.182. The highest BCUT2D eigenvalue weighted by atomic mass is 35.5. The van der Waals surface area contributed by atoms with Crippen LogP contribution in [-0.4, -0.2) is 29.4 Å². The van der Waals surface area contributed by atoms with E-state index in [0.717, 1.165) is 5.56 Å². The van der Waals surface area contributed by atoms with Crippen LogP contribution in [0.3, 0.4) is 0 Å². The molecule has 0 fully saturated rings. The zero-order valence-electron chi connectivity index (χ0n) is 15.9. The summed E-state index contributed by atoms with van der Waals surface area (Å²) < 4.78 is 5.35. The van der Waals surface area contributed by atoms with E-state index in [1.165, 1.54) is 0 Å². The molecule has 144 valence electrons. The molecular formula is C22H22ClN3O2. The van der Waals surface area contributed by atoms with Gasteiger partial charge >= 0.3 is 0 Å². The lowest BCUT2D eigenvalue weighted by molar-refractivity contribution is 0.0752. The van der Waals surface area contributed by atoms with Crippen molar-refractivity contribution in [2.75, 3.05) is 19.0 Å². The summed E-state index contributed by atoms with van der Waals surface area (Å²) in [7, 11) is 1.59. The molecule has 0 saturated carbocycles. The normalized spacial score (nSPS) is 10.4. The van der Waals surface area contributed by atoms with Gasteiger partial charge in [0.15, 0.2) is 0 Å². The zero-order chi connectivity index (χ0) is 19.9. The first-order chi connectivity index (χ1) is 13.6. The minimum absolute atomic E-state index is 0.0464. The number of anilines is 2. The van der Waals surface area contributed by atoms with Crippen molar-refractivity contribution in [2.24, 2.45) is 0 Å². The van der Waals surface area contributed by atoms with Crippen LogP contribution in [0.4, 0.5) is 11.5 Å². The SMILES string of the molecule is CCN(Cc1ccccc1)C(=O)c1ccnc(Nc2cc(Cl)ccc2OC)c1. The zero-order valence-corrected chi connectivity index (χ0v) is 16.6. The standard InChI is InChI=1S/C22H22ClN3O2/c1-3-26(15-16-7-5-4-6-8-16)22(27)17-11-12-24-21(13-17)25-19-14-18(23)9-10-20(19)28-2/h4-14H,3,15H2,1-2H3,(H,24,25). The first-order valence-electron chi connectivity index (χ1n) is 9.00. The highest BCUT2D eigenvalue weighted by Gasteiger charge is 2.16. The number of benzene rings is 2. The molecule has 0 bridgehead atoms. The number of amides is 1. The first-order valence-corrected chi connectivity index (χ1v) is 9.38. The molecule has 1 N–H and O–H groups in total. The van der Waals surface area contributed by atoms with Gasteiger partial charge in [-0.3, -0.25) is 4.79 Å². The molecular weight excluding hydrogens is 374 g/mol. The lowest BCUT2D eigenvalue weighted by Crippen LogP contribution is -2.30. The van der Waals surface area contributed by atoms with E-state index in [4.69, 9.17) is 16.3 Å². The number of methoxy groups -OCH3 is 1. The number of ether oxygens (including phenoxy) is 1. The third-order valence-electron chi connectivity index (χ3n) is 4.32. The lowest BCUT2D eigenvalue weighted by Gasteiger charge is -2.21. The molecule has 0 aliphatic carbocycles. The van der Waals surface area contributed by atoms with Gasteiger partial charge in [0.1, 0.15) is 11.6 Å². The van der Waals surface area contributed by atoms with Crippen LogP contribution >= 0.6 is 11.6 Å². The van der Waals surface area contributed by atoms with Crippen molar-refractivity contribution < 1.29 is 9.53 Å². The van der Waals surface area contributed by atoms with Gasteiger partial charge in [0.25, 0.3) is 5.91 Å². The third-order valence-corrected chi connectivity index (χ3v) is 4.55. The van der Waals surface area contributed by atoms with E-state index < -0.39 is 0 Å². The fourth-order valence-electron chi connectivity index (χ4n) is 2.86. The summed E-state index contributed by atoms with van der Waals surface area (Å²) in [5.74, 6) is 1.14. The molecule has 1 heterocycles. The second-order valence-electron chi connectivity index (χ2n) is 6.20. The van der Waals surface area contributed by atoms with E-state index >= 15 is 0 Å². The maximum absolute atomic E-state index is 13.0. The topological polar surface area (TPSA) is 54.5 Å². The molecule has 0 radical (unpaired) electrons. The lowest BCUT2D eigenvalue weighted by atomic mass is 10.1. The molecule has 0 spiro atoms. The number of aromatic nitrogens is 1. The first kappa shape index (κ1) is 19.7. The van der Waals surface area contributed by atoms with Crippen LogP contribution in [0.5, 0.6) is 5.75 Å². The van der Waals surface area contributed by atoms with E-state index in [9.17, 15) is 4.79 Å². The quantitative estimate of drug-likeness (QED) is 0.601. The van der Waals surface area contributed by atoms with Crippen LogP contribution in [0.25, 0.3) is 0 Å². The summed E-state index contributed by atoms with van der Waals surface area (Å²) in [5, 5.41) is 3.75. The highest BCUT2D eigenvalue weighted by molar-refractivity contribution is 6.31. The Morgan fingerprint density at radius 3 is 2.64 bits per heavy atom. The van der Waals surface area contributed by atoms with Crippen molar-refractivity contribution in [1.29, 1.82) is 0 Å². The summed E-state index contributed by atoms with van der Waals surface area (Å²) in [6.45, 7) is 3.14. The predicted octanol–water partition coefficient (Wildman–Crippen LogP) is 5.15. The molecule has 28 heavy (non-hydrogen) atoms. The summed E-state index contributed by atoms with van der Waals surface area (Å²) >= 11 is 6.08. The molecule has 1 aromatic heterocycles. The maximum Gasteiger partial charge on any atom is 0.254 e. The average molecular weight is 396 g/mol. The number of nitrogens with zero attached hydrogens (tertiary/aromatic N) is 2. The van der Waals surface area contributed by atoms with Crippen LogP contribution < -0.4 is 10.1 Å². The van der Waals surface area contributed by atoms with Crippen LogP contribution in [-0.2, 0) is 6.54 Å². The number of carbonyl (C=O) groups is 1. The molecule has 2 aromatic carbocycles. The molecule has 0 aliphatic rings. The Morgan fingerprint density at radius 2 is 1.93 bits per heavy atom. The Hall–Kier alpha value is -3.05. The molecule has 5 nitrogen and oxygen atoms in total. The van der Waals surface area contributed by atoms with Gasteiger partial charge in [0.05, 0.1) is 12.8 Å². The van der Waals surface area contributed by atoms with E-state index in [-0.39, 0.29) is 5.91 Å². The van der Waals surface area contributed by atoms with E-state index in [2.05, 4.69) is 10.3 Å². The van der Waals surface area contributed by atoms with Crippen LogP contribution in [0.1, 0.15) is 22.8 Å². The summed E-state index contributed by atoms with van der Waals surface area (Å²) in [5.41, 5.74) is 2.34. The molecule has 6 heteroatoms. The monoisotopic (exact) mass is 395 g/mol. The van der Waals surface area contributed by atoms with Gasteiger partial charge in [-0.05, 0) is 42.8 Å². The number of pyridine rings is 1. The number of halogens is 1. The second kappa shape index (κ2) is 9.24. The molecule has 3 aromatic rings. The molecule has 0 saturated heterocycles. The Kier molecular flexibility index (Phi) is 6.50. The van der Waals surface area contributed by atoms with Crippen molar-refractivity contribution in [3.63, 3.8) is 0 Å². The van der Waals surface area contributed by atoms with Gasteiger partial charge in [-0.25, -0.2) is 4.98 Å². The maximum atomic E-state index is 13.0.